The maximum Gasteiger partial charge on any atom is 0.325 e. The molecule has 0 fully saturated rings. The van der Waals surface area contributed by atoms with Crippen LogP contribution in [0.3, 0.4) is 0 Å². The van der Waals surface area contributed by atoms with E-state index in [-0.39, 0.29) is 18.1 Å². The number of ether oxygens (including phenoxy) is 2. The van der Waals surface area contributed by atoms with Gasteiger partial charge in [0.05, 0.1) is 6.61 Å². The Bertz CT molecular complexity index is 1170. The third-order valence-electron chi connectivity index (χ3n) is 5.31. The van der Waals surface area contributed by atoms with Gasteiger partial charge in [-0.2, -0.15) is 0 Å². The maximum absolute atomic E-state index is 13.1. The van der Waals surface area contributed by atoms with Gasteiger partial charge in [-0.15, -0.1) is 0 Å². The summed E-state index contributed by atoms with van der Waals surface area (Å²) in [5.74, 6) is -1.15. The van der Waals surface area contributed by atoms with Crippen LogP contribution in [0.5, 0.6) is 5.75 Å². The van der Waals surface area contributed by atoms with Crippen molar-refractivity contribution in [2.24, 2.45) is 0 Å². The van der Waals surface area contributed by atoms with E-state index in [9.17, 15) is 18.8 Å². The van der Waals surface area contributed by atoms with Crippen LogP contribution in [0.25, 0.3) is 0 Å². The van der Waals surface area contributed by atoms with Crippen LogP contribution in [-0.2, 0) is 16.1 Å². The number of esters is 1. The Labute approximate surface area is 197 Å². The van der Waals surface area contributed by atoms with Crippen LogP contribution in [0.2, 0.25) is 0 Å². The van der Waals surface area contributed by atoms with Gasteiger partial charge in [0.1, 0.15) is 18.1 Å². The highest BCUT2D eigenvalue weighted by Gasteiger charge is 2.18. The number of nitrogens with zero attached hydrogens (tertiary/aromatic N) is 1. The van der Waals surface area contributed by atoms with E-state index in [4.69, 9.17) is 9.47 Å². The topological polar surface area (TPSA) is 86.6 Å². The van der Waals surface area contributed by atoms with E-state index >= 15 is 0 Å². The molecular formula is C26H27FN2O5. The first-order valence-corrected chi connectivity index (χ1v) is 10.9. The van der Waals surface area contributed by atoms with Gasteiger partial charge in [0, 0.05) is 29.1 Å². The number of nitrogens with one attached hydrogen (secondary N) is 1. The van der Waals surface area contributed by atoms with Gasteiger partial charge in [0.2, 0.25) is 5.78 Å². The molecule has 3 aromatic rings. The second-order valence-corrected chi connectivity index (χ2v) is 7.72. The summed E-state index contributed by atoms with van der Waals surface area (Å²) in [5, 5.41) is 2.47. The van der Waals surface area contributed by atoms with Crippen LogP contribution in [0, 0.1) is 19.7 Å². The number of hydrogen-bond donors (Lipinski definition) is 1. The van der Waals surface area contributed by atoms with Gasteiger partial charge < -0.3 is 19.4 Å². The van der Waals surface area contributed by atoms with Crippen molar-refractivity contribution in [1.82, 2.24) is 9.88 Å². The molecule has 7 nitrogen and oxygen atoms in total. The summed E-state index contributed by atoms with van der Waals surface area (Å²) < 4.78 is 25.5. The van der Waals surface area contributed by atoms with Crippen molar-refractivity contribution in [3.63, 3.8) is 0 Å². The van der Waals surface area contributed by atoms with Crippen molar-refractivity contribution < 1.29 is 28.2 Å². The Kier molecular flexibility index (Phi) is 8.19. The third kappa shape index (κ3) is 6.31. The molecule has 0 radical (unpaired) electrons. The largest absolute Gasteiger partial charge is 0.494 e. The van der Waals surface area contributed by atoms with Crippen molar-refractivity contribution in [3.05, 3.63) is 88.5 Å². The number of halogens is 1. The molecule has 2 aromatic carbocycles. The molecule has 0 aliphatic carbocycles. The first-order valence-electron chi connectivity index (χ1n) is 10.9. The monoisotopic (exact) mass is 466 g/mol. The number of carbonyl (C=O) groups excluding carboxylic acids is 3. The lowest BCUT2D eigenvalue weighted by Gasteiger charge is -2.10. The number of carbonyl (C=O) groups is 3. The number of aryl methyl sites for hydroxylation is 1. The number of rotatable bonds is 10. The average molecular weight is 467 g/mol. The van der Waals surface area contributed by atoms with Crippen molar-refractivity contribution in [2.75, 3.05) is 19.8 Å². The van der Waals surface area contributed by atoms with Gasteiger partial charge in [-0.25, -0.2) is 4.39 Å². The molecule has 34 heavy (non-hydrogen) atoms. The smallest absolute Gasteiger partial charge is 0.325 e. The Morgan fingerprint density at radius 3 is 2.32 bits per heavy atom. The quantitative estimate of drug-likeness (QED) is 0.362. The van der Waals surface area contributed by atoms with E-state index in [1.54, 1.807) is 42.5 Å². The van der Waals surface area contributed by atoms with Gasteiger partial charge >= 0.3 is 5.97 Å². The zero-order valence-electron chi connectivity index (χ0n) is 19.4. The Morgan fingerprint density at radius 1 is 1.00 bits per heavy atom. The minimum Gasteiger partial charge on any atom is -0.494 e. The minimum absolute atomic E-state index is 0.307. The Balaban J connectivity index is 1.51. The zero-order chi connectivity index (χ0) is 24.7. The second-order valence-electron chi connectivity index (χ2n) is 7.72. The second kappa shape index (κ2) is 11.3. The molecule has 0 saturated heterocycles. The van der Waals surface area contributed by atoms with Crippen LogP contribution in [-0.4, -0.2) is 42.0 Å². The van der Waals surface area contributed by atoms with E-state index in [1.165, 1.54) is 12.1 Å². The summed E-state index contributed by atoms with van der Waals surface area (Å²) in [4.78, 5) is 36.9. The Morgan fingerprint density at radius 2 is 1.68 bits per heavy atom. The molecule has 0 atom stereocenters. The van der Waals surface area contributed by atoms with Gasteiger partial charge in [0.25, 0.3) is 5.91 Å². The minimum atomic E-state index is -0.715. The van der Waals surface area contributed by atoms with Crippen LogP contribution >= 0.6 is 0 Å². The standard InChI is InChI=1S/C26H27FN2O5/c1-4-33-22-11-7-20(8-12-22)26(32)28-14-25(31)34-16-24(30)23-13-17(2)29(18(23)3)15-19-5-9-21(27)10-6-19/h5-13H,4,14-16H2,1-3H3,(H,28,32). The lowest BCUT2D eigenvalue weighted by atomic mass is 10.1. The van der Waals surface area contributed by atoms with Gasteiger partial charge in [0.15, 0.2) is 6.61 Å². The summed E-state index contributed by atoms with van der Waals surface area (Å²) in [6.45, 7) is 5.76. The van der Waals surface area contributed by atoms with E-state index in [2.05, 4.69) is 5.32 Å². The maximum atomic E-state index is 13.1. The normalized spacial score (nSPS) is 10.6. The fourth-order valence-corrected chi connectivity index (χ4v) is 3.50. The van der Waals surface area contributed by atoms with Gasteiger partial charge in [-0.1, -0.05) is 12.1 Å². The van der Waals surface area contributed by atoms with Crippen LogP contribution in [0.15, 0.2) is 54.6 Å². The van der Waals surface area contributed by atoms with Crippen molar-refractivity contribution in [3.8, 4) is 5.75 Å². The molecule has 0 aliphatic rings. The molecule has 1 heterocycles. The molecule has 0 aliphatic heterocycles. The first kappa shape index (κ1) is 24.7. The van der Waals surface area contributed by atoms with E-state index in [0.29, 0.717) is 30.0 Å². The number of aromatic nitrogens is 1. The Hall–Kier alpha value is -3.94. The molecule has 0 saturated carbocycles. The molecule has 0 spiro atoms. The molecule has 0 unspecified atom stereocenters. The van der Waals surface area contributed by atoms with Crippen molar-refractivity contribution >= 4 is 17.7 Å². The number of hydrogen-bond acceptors (Lipinski definition) is 5. The van der Waals surface area contributed by atoms with Crippen molar-refractivity contribution in [2.45, 2.75) is 27.3 Å². The van der Waals surface area contributed by atoms with Crippen LogP contribution in [0.1, 0.15) is 44.6 Å². The molecular weight excluding hydrogens is 439 g/mol. The molecule has 1 amide bonds. The van der Waals surface area contributed by atoms with E-state index in [1.807, 2.05) is 25.3 Å². The molecule has 3 rings (SSSR count). The molecule has 178 valence electrons. The zero-order valence-corrected chi connectivity index (χ0v) is 19.4. The predicted molar refractivity (Wildman–Crippen MR) is 125 cm³/mol. The highest BCUT2D eigenvalue weighted by Crippen LogP contribution is 2.18. The van der Waals surface area contributed by atoms with E-state index < -0.39 is 18.5 Å². The summed E-state index contributed by atoms with van der Waals surface area (Å²) in [7, 11) is 0. The highest BCUT2D eigenvalue weighted by molar-refractivity contribution is 6.00. The summed E-state index contributed by atoms with van der Waals surface area (Å²) in [5.41, 5.74) is 3.31. The molecule has 1 N–H and O–H groups in total. The highest BCUT2D eigenvalue weighted by atomic mass is 19.1. The summed E-state index contributed by atoms with van der Waals surface area (Å²) >= 11 is 0. The number of Topliss-reactive ketones (excluding diaryl/α,β-unsaturated/α-hetero) is 1. The van der Waals surface area contributed by atoms with Crippen molar-refractivity contribution in [1.29, 1.82) is 0 Å². The molecule has 8 heteroatoms. The average Bonchev–Trinajstić information content (AvgIpc) is 3.11. The number of amides is 1. The van der Waals surface area contributed by atoms with Crippen LogP contribution < -0.4 is 10.1 Å². The lowest BCUT2D eigenvalue weighted by molar-refractivity contribution is -0.141. The number of benzene rings is 2. The third-order valence-corrected chi connectivity index (χ3v) is 5.31. The fraction of sp³-hybridized carbons (Fsp3) is 0.269. The van der Waals surface area contributed by atoms with Gasteiger partial charge in [-0.05, 0) is 68.8 Å². The number of ketones is 1. The lowest BCUT2D eigenvalue weighted by Crippen LogP contribution is -2.31. The SMILES string of the molecule is CCOc1ccc(C(=O)NCC(=O)OCC(=O)c2cc(C)n(Cc3ccc(F)cc3)c2C)cc1. The van der Waals surface area contributed by atoms with Gasteiger partial charge in [-0.3, -0.25) is 14.4 Å². The summed E-state index contributed by atoms with van der Waals surface area (Å²) in [6.07, 6.45) is 0. The molecule has 0 bridgehead atoms. The molecule has 1 aromatic heterocycles. The fourth-order valence-electron chi connectivity index (χ4n) is 3.50. The van der Waals surface area contributed by atoms with E-state index in [0.717, 1.165) is 17.0 Å². The first-order chi connectivity index (χ1) is 16.3. The summed E-state index contributed by atoms with van der Waals surface area (Å²) in [6, 6.07) is 14.4. The van der Waals surface area contributed by atoms with Crippen LogP contribution in [0.4, 0.5) is 4.39 Å². The predicted octanol–water partition coefficient (Wildman–Crippen LogP) is 3.85.